The Kier molecular flexibility index (Phi) is 6.37. The maximum Gasteiger partial charge on any atom is 0.573 e. The molecule has 0 aliphatic carbocycles. The van der Waals surface area contributed by atoms with Crippen molar-refractivity contribution in [2.24, 2.45) is 12.8 Å². The summed E-state index contributed by atoms with van der Waals surface area (Å²) in [6, 6.07) is 8.88. The van der Waals surface area contributed by atoms with E-state index in [1.807, 2.05) is 0 Å². The predicted octanol–water partition coefficient (Wildman–Crippen LogP) is 3.11. The van der Waals surface area contributed by atoms with Gasteiger partial charge in [0.25, 0.3) is 5.91 Å². The lowest BCUT2D eigenvalue weighted by Crippen LogP contribution is -2.40. The number of aromatic nitrogens is 3. The summed E-state index contributed by atoms with van der Waals surface area (Å²) in [5.41, 5.74) is 7.96. The number of ether oxygens (including phenoxy) is 1. The van der Waals surface area contributed by atoms with Crippen molar-refractivity contribution in [2.75, 3.05) is 25.0 Å². The van der Waals surface area contributed by atoms with Crippen molar-refractivity contribution in [1.29, 1.82) is 0 Å². The van der Waals surface area contributed by atoms with Crippen LogP contribution in [0.3, 0.4) is 0 Å². The summed E-state index contributed by atoms with van der Waals surface area (Å²) >= 11 is 1.15. The quantitative estimate of drug-likeness (QED) is 0.348. The smallest absolute Gasteiger partial charge is 0.406 e. The van der Waals surface area contributed by atoms with Crippen molar-refractivity contribution in [3.63, 3.8) is 0 Å². The van der Waals surface area contributed by atoms with Gasteiger partial charge >= 0.3 is 6.36 Å². The number of aryl methyl sites for hydroxylation is 1. The SMILES string of the molecule is Cn1c(Nc2nc3ccc(OC(F)(F)F)cc3s2)nc2cc(C(=O)NCC(=O)N3CC[C@H](N)C3)ccc21. The van der Waals surface area contributed by atoms with Crippen molar-refractivity contribution >= 4 is 55.5 Å². The van der Waals surface area contributed by atoms with Gasteiger partial charge in [-0.05, 0) is 36.8 Å². The Hall–Kier alpha value is -3.91. The molecule has 4 aromatic rings. The molecular weight excluding hydrogens is 511 g/mol. The lowest BCUT2D eigenvalue weighted by Gasteiger charge is -2.16. The minimum atomic E-state index is -4.78. The van der Waals surface area contributed by atoms with Crippen LogP contribution < -0.4 is 21.1 Å². The van der Waals surface area contributed by atoms with E-state index in [1.54, 1.807) is 34.7 Å². The highest BCUT2D eigenvalue weighted by Gasteiger charge is 2.31. The second-order valence-corrected chi connectivity index (χ2v) is 9.62. The van der Waals surface area contributed by atoms with Crippen LogP contribution in [-0.4, -0.2) is 63.3 Å². The molecule has 1 fully saturated rings. The molecule has 0 spiro atoms. The zero-order valence-corrected chi connectivity index (χ0v) is 20.3. The van der Waals surface area contributed by atoms with E-state index in [4.69, 9.17) is 5.73 Å². The largest absolute Gasteiger partial charge is 0.573 e. The fourth-order valence-corrected chi connectivity index (χ4v) is 4.98. The Morgan fingerprint density at radius 3 is 2.73 bits per heavy atom. The minimum absolute atomic E-state index is 0.0299. The van der Waals surface area contributed by atoms with Gasteiger partial charge < -0.3 is 30.6 Å². The number of anilines is 2. The van der Waals surface area contributed by atoms with Gasteiger partial charge in [-0.25, -0.2) is 9.97 Å². The van der Waals surface area contributed by atoms with E-state index >= 15 is 0 Å². The molecule has 1 saturated heterocycles. The number of imidazole rings is 1. The van der Waals surface area contributed by atoms with Crippen LogP contribution in [0.15, 0.2) is 36.4 Å². The second-order valence-electron chi connectivity index (χ2n) is 8.59. The Bertz CT molecular complexity index is 1500. The van der Waals surface area contributed by atoms with E-state index in [0.717, 1.165) is 23.3 Å². The molecule has 1 aliphatic heterocycles. The number of nitrogens with two attached hydrogens (primary N) is 1. The van der Waals surface area contributed by atoms with Crippen LogP contribution in [0.25, 0.3) is 21.3 Å². The predicted molar refractivity (Wildman–Crippen MR) is 132 cm³/mol. The van der Waals surface area contributed by atoms with Gasteiger partial charge in [0.15, 0.2) is 5.13 Å². The molecule has 2 aromatic heterocycles. The number of alkyl halides is 3. The highest BCUT2D eigenvalue weighted by atomic mass is 32.1. The number of hydrogen-bond acceptors (Lipinski definition) is 8. The van der Waals surface area contributed by atoms with E-state index in [9.17, 15) is 22.8 Å². The van der Waals surface area contributed by atoms with Gasteiger partial charge in [-0.1, -0.05) is 11.3 Å². The van der Waals surface area contributed by atoms with Crippen LogP contribution in [0.5, 0.6) is 5.75 Å². The van der Waals surface area contributed by atoms with Crippen molar-refractivity contribution in [2.45, 2.75) is 18.8 Å². The summed E-state index contributed by atoms with van der Waals surface area (Å²) in [5, 5.41) is 6.14. The topological polar surface area (TPSA) is 127 Å². The first kappa shape index (κ1) is 24.8. The number of likely N-dealkylation sites (tertiary alicyclic amines) is 1. The first-order valence-electron chi connectivity index (χ1n) is 11.3. The number of benzene rings is 2. The van der Waals surface area contributed by atoms with Crippen LogP contribution >= 0.6 is 11.3 Å². The fourth-order valence-electron chi connectivity index (χ4n) is 4.09. The summed E-state index contributed by atoms with van der Waals surface area (Å²) in [6.07, 6.45) is -4.03. The fraction of sp³-hybridized carbons (Fsp3) is 0.304. The molecule has 194 valence electrons. The Morgan fingerprint density at radius 2 is 2.00 bits per heavy atom. The maximum atomic E-state index is 12.6. The number of thiazole rings is 1. The first-order valence-corrected chi connectivity index (χ1v) is 12.1. The van der Waals surface area contributed by atoms with Gasteiger partial charge in [0.1, 0.15) is 5.75 Å². The van der Waals surface area contributed by atoms with Gasteiger partial charge in [0, 0.05) is 37.8 Å². The molecule has 2 amide bonds. The third-order valence-electron chi connectivity index (χ3n) is 5.93. The molecule has 10 nitrogen and oxygen atoms in total. The van der Waals surface area contributed by atoms with Crippen LogP contribution in [0.4, 0.5) is 24.3 Å². The molecule has 3 heterocycles. The second kappa shape index (κ2) is 9.52. The summed E-state index contributed by atoms with van der Waals surface area (Å²) in [5.74, 6) is -0.477. The van der Waals surface area contributed by atoms with E-state index in [2.05, 4.69) is 25.3 Å². The number of nitrogens with zero attached hydrogens (tertiary/aromatic N) is 4. The highest BCUT2D eigenvalue weighted by molar-refractivity contribution is 7.22. The number of amides is 2. The number of fused-ring (bicyclic) bond motifs is 2. The number of carbonyl (C=O) groups excluding carboxylic acids is 2. The number of halogens is 3. The third-order valence-corrected chi connectivity index (χ3v) is 6.87. The van der Waals surface area contributed by atoms with Crippen LogP contribution in [0.1, 0.15) is 16.8 Å². The van der Waals surface area contributed by atoms with Crippen LogP contribution in [-0.2, 0) is 11.8 Å². The van der Waals surface area contributed by atoms with E-state index in [0.29, 0.717) is 45.5 Å². The molecule has 4 N–H and O–H groups in total. The molecule has 1 atom stereocenters. The van der Waals surface area contributed by atoms with Crippen LogP contribution in [0.2, 0.25) is 0 Å². The third kappa shape index (κ3) is 5.44. The van der Waals surface area contributed by atoms with Gasteiger partial charge in [-0.3, -0.25) is 9.59 Å². The minimum Gasteiger partial charge on any atom is -0.406 e. The number of nitrogens with one attached hydrogen (secondary N) is 2. The van der Waals surface area contributed by atoms with Gasteiger partial charge in [0.2, 0.25) is 11.9 Å². The van der Waals surface area contributed by atoms with Crippen LogP contribution in [0, 0.1) is 0 Å². The molecule has 0 unspecified atom stereocenters. The van der Waals surface area contributed by atoms with Gasteiger partial charge in [-0.15, -0.1) is 13.2 Å². The molecule has 1 aliphatic rings. The standard InChI is InChI=1S/C23H22F3N7O3S/c1-32-17-5-2-12(20(35)28-10-19(34)33-7-6-13(27)11-33)8-16(17)29-21(32)31-22-30-15-4-3-14(9-18(15)37-22)36-23(24,25)26/h2-5,8-9,13H,6-7,10-11,27H2,1H3,(H,28,35)(H,29,30,31)/t13-/m0/s1. The summed E-state index contributed by atoms with van der Waals surface area (Å²) < 4.78 is 43.8. The van der Waals surface area contributed by atoms with Crippen molar-refractivity contribution in [3.8, 4) is 5.75 Å². The average molecular weight is 534 g/mol. The molecule has 37 heavy (non-hydrogen) atoms. The lowest BCUT2D eigenvalue weighted by molar-refractivity contribution is -0.274. The Labute approximate surface area is 212 Å². The van der Waals surface area contributed by atoms with Gasteiger partial charge in [0.05, 0.1) is 27.8 Å². The number of carbonyl (C=O) groups is 2. The molecular formula is C23H22F3N7O3S. The zero-order valence-electron chi connectivity index (χ0n) is 19.5. The first-order chi connectivity index (χ1) is 17.6. The lowest BCUT2D eigenvalue weighted by atomic mass is 10.2. The number of rotatable bonds is 6. The van der Waals surface area contributed by atoms with Crippen molar-refractivity contribution in [3.05, 3.63) is 42.0 Å². The highest BCUT2D eigenvalue weighted by Crippen LogP contribution is 2.33. The summed E-state index contributed by atoms with van der Waals surface area (Å²) in [4.78, 5) is 35.5. The Morgan fingerprint density at radius 1 is 1.19 bits per heavy atom. The maximum absolute atomic E-state index is 12.6. The zero-order chi connectivity index (χ0) is 26.3. The normalized spacial score (nSPS) is 15.9. The van der Waals surface area contributed by atoms with E-state index < -0.39 is 12.3 Å². The molecule has 0 bridgehead atoms. The van der Waals surface area contributed by atoms with E-state index in [1.165, 1.54) is 18.2 Å². The Balaban J connectivity index is 1.29. The van der Waals surface area contributed by atoms with Crippen molar-refractivity contribution < 1.29 is 27.5 Å². The summed E-state index contributed by atoms with van der Waals surface area (Å²) in [6.45, 7) is 0.955. The number of hydrogen-bond donors (Lipinski definition) is 3. The average Bonchev–Trinajstić information content (AvgIpc) is 3.53. The van der Waals surface area contributed by atoms with E-state index in [-0.39, 0.29) is 24.2 Å². The molecule has 2 aromatic carbocycles. The van der Waals surface area contributed by atoms with Gasteiger partial charge in [-0.2, -0.15) is 0 Å². The monoisotopic (exact) mass is 533 g/mol. The summed E-state index contributed by atoms with van der Waals surface area (Å²) in [7, 11) is 1.78. The molecule has 0 radical (unpaired) electrons. The molecule has 5 rings (SSSR count). The van der Waals surface area contributed by atoms with Crippen molar-refractivity contribution in [1.82, 2.24) is 24.8 Å². The molecule has 0 saturated carbocycles. The molecule has 14 heteroatoms.